The van der Waals surface area contributed by atoms with E-state index in [1.807, 2.05) is 12.1 Å². The van der Waals surface area contributed by atoms with Crippen LogP contribution < -0.4 is 11.1 Å². The van der Waals surface area contributed by atoms with Gasteiger partial charge in [-0.2, -0.15) is 0 Å². The van der Waals surface area contributed by atoms with E-state index < -0.39 is 5.76 Å². The number of aromatic nitrogens is 2. The monoisotopic (exact) mass is 476 g/mol. The van der Waals surface area contributed by atoms with Crippen LogP contribution in [-0.2, 0) is 4.74 Å². The molecule has 0 unspecified atom stereocenters. The van der Waals surface area contributed by atoms with Crippen molar-refractivity contribution < 1.29 is 14.1 Å². The highest BCUT2D eigenvalue weighted by Crippen LogP contribution is 2.32. The van der Waals surface area contributed by atoms with Gasteiger partial charge in [-0.15, -0.1) is 0 Å². The molecule has 1 aliphatic rings. The highest BCUT2D eigenvalue weighted by atomic mass is 35.5. The van der Waals surface area contributed by atoms with E-state index in [9.17, 15) is 9.59 Å². The number of hydrogen-bond acceptors (Lipinski definition) is 6. The zero-order valence-corrected chi connectivity index (χ0v) is 18.8. The molecule has 0 radical (unpaired) electrons. The zero-order valence-electron chi connectivity index (χ0n) is 17.3. The molecule has 1 fully saturated rings. The number of rotatable bonds is 5. The van der Waals surface area contributed by atoms with Crippen LogP contribution in [0.4, 0.5) is 0 Å². The number of aromatic amines is 1. The Morgan fingerprint density at radius 2 is 2.06 bits per heavy atom. The number of nitrogens with one attached hydrogen (secondary N) is 2. The molecule has 32 heavy (non-hydrogen) atoms. The average molecular weight is 477 g/mol. The second-order valence-electron chi connectivity index (χ2n) is 7.64. The molecule has 1 aromatic heterocycles. The maximum absolute atomic E-state index is 13.1. The molecule has 0 aliphatic carbocycles. The van der Waals surface area contributed by atoms with Crippen molar-refractivity contribution in [2.75, 3.05) is 33.3 Å². The van der Waals surface area contributed by atoms with Gasteiger partial charge in [0.05, 0.1) is 22.8 Å². The van der Waals surface area contributed by atoms with Crippen LogP contribution in [0.2, 0.25) is 10.0 Å². The molecule has 0 saturated carbocycles. The largest absolute Gasteiger partial charge is 0.439 e. The normalized spacial score (nSPS) is 18.8. The van der Waals surface area contributed by atoms with Gasteiger partial charge in [-0.3, -0.25) is 14.3 Å². The first-order valence-corrected chi connectivity index (χ1v) is 10.9. The molecule has 2 N–H and O–H groups in total. The van der Waals surface area contributed by atoms with Crippen molar-refractivity contribution in [1.82, 2.24) is 20.4 Å². The van der Waals surface area contributed by atoms with Gasteiger partial charge in [0.2, 0.25) is 0 Å². The summed E-state index contributed by atoms with van der Waals surface area (Å²) in [6, 6.07) is 12.3. The number of ether oxygens (including phenoxy) is 1. The fourth-order valence-electron chi connectivity index (χ4n) is 3.82. The van der Waals surface area contributed by atoms with Gasteiger partial charge >= 0.3 is 5.76 Å². The topological polar surface area (TPSA) is 100 Å². The van der Waals surface area contributed by atoms with Gasteiger partial charge in [0.15, 0.2) is 5.82 Å². The molecule has 10 heteroatoms. The van der Waals surface area contributed by atoms with Gasteiger partial charge in [-0.05, 0) is 29.8 Å². The molecule has 8 nitrogen and oxygen atoms in total. The van der Waals surface area contributed by atoms with Crippen LogP contribution in [0.25, 0.3) is 11.4 Å². The van der Waals surface area contributed by atoms with E-state index in [4.69, 9.17) is 27.9 Å². The Morgan fingerprint density at radius 1 is 1.22 bits per heavy atom. The van der Waals surface area contributed by atoms with Crippen LogP contribution in [0.3, 0.4) is 0 Å². The highest BCUT2D eigenvalue weighted by Gasteiger charge is 2.29. The summed E-state index contributed by atoms with van der Waals surface area (Å²) < 4.78 is 10.7. The van der Waals surface area contributed by atoms with Gasteiger partial charge in [0, 0.05) is 43.7 Å². The molecule has 3 aromatic rings. The summed E-state index contributed by atoms with van der Waals surface area (Å²) in [6.07, 6.45) is -0.235. The average Bonchev–Trinajstić information content (AvgIpc) is 3.10. The second-order valence-corrected chi connectivity index (χ2v) is 8.45. The van der Waals surface area contributed by atoms with E-state index in [0.717, 1.165) is 12.1 Å². The van der Waals surface area contributed by atoms with Crippen molar-refractivity contribution in [3.05, 3.63) is 74.2 Å². The Bertz CT molecular complexity index is 1160. The van der Waals surface area contributed by atoms with Crippen LogP contribution in [0.1, 0.15) is 22.0 Å². The van der Waals surface area contributed by atoms with E-state index in [0.29, 0.717) is 40.9 Å². The van der Waals surface area contributed by atoms with E-state index in [-0.39, 0.29) is 23.8 Å². The zero-order chi connectivity index (χ0) is 22.7. The minimum absolute atomic E-state index is 0.00114. The molecule has 2 aromatic carbocycles. The number of carbonyl (C=O) groups is 1. The van der Waals surface area contributed by atoms with Crippen LogP contribution in [-0.4, -0.2) is 54.2 Å². The van der Waals surface area contributed by atoms with Crippen molar-refractivity contribution in [1.29, 1.82) is 0 Å². The third-order valence-electron chi connectivity index (χ3n) is 5.36. The number of hydrogen-bond donors (Lipinski definition) is 2. The van der Waals surface area contributed by atoms with Crippen molar-refractivity contribution in [2.24, 2.45) is 5.92 Å². The summed E-state index contributed by atoms with van der Waals surface area (Å²) in [6.45, 7) is 2.42. The van der Waals surface area contributed by atoms with Gasteiger partial charge in [-0.1, -0.05) is 46.6 Å². The molecular formula is C22H22Cl2N4O4. The number of nitrogens with zero attached hydrogens (tertiary/aromatic N) is 2. The van der Waals surface area contributed by atoms with Crippen LogP contribution in [0.5, 0.6) is 0 Å². The minimum atomic E-state index is -0.650. The summed E-state index contributed by atoms with van der Waals surface area (Å²) >= 11 is 12.3. The Kier molecular flexibility index (Phi) is 6.95. The summed E-state index contributed by atoms with van der Waals surface area (Å²) in [4.78, 5) is 28.5. The third kappa shape index (κ3) is 5.05. The highest BCUT2D eigenvalue weighted by molar-refractivity contribution is 6.42. The fourth-order valence-corrected chi connectivity index (χ4v) is 4.12. The van der Waals surface area contributed by atoms with Gasteiger partial charge in [0.1, 0.15) is 0 Å². The predicted molar refractivity (Wildman–Crippen MR) is 121 cm³/mol. The lowest BCUT2D eigenvalue weighted by atomic mass is 9.94. The molecule has 0 bridgehead atoms. The number of benzene rings is 2. The molecule has 1 saturated heterocycles. The second kappa shape index (κ2) is 9.87. The fraction of sp³-hybridized carbons (Fsp3) is 0.318. The smallest absolute Gasteiger partial charge is 0.372 e. The lowest BCUT2D eigenvalue weighted by molar-refractivity contribution is 0.0205. The predicted octanol–water partition coefficient (Wildman–Crippen LogP) is 3.39. The van der Waals surface area contributed by atoms with Crippen molar-refractivity contribution >= 4 is 29.1 Å². The van der Waals surface area contributed by atoms with Crippen molar-refractivity contribution in [3.8, 4) is 11.4 Å². The van der Waals surface area contributed by atoms with E-state index in [2.05, 4.69) is 20.0 Å². The van der Waals surface area contributed by atoms with Crippen LogP contribution in [0, 0.1) is 5.92 Å². The molecular weight excluding hydrogens is 455 g/mol. The first-order chi connectivity index (χ1) is 15.4. The Labute approximate surface area is 194 Å². The van der Waals surface area contributed by atoms with Crippen molar-refractivity contribution in [2.45, 2.75) is 6.10 Å². The SMILES string of the molecule is CN(C[C@@H]1CNCCO[C@H]1c1ccc(Cl)c(Cl)c1)C(=O)c1cccc(-c2noc(=O)[nH]2)c1. The summed E-state index contributed by atoms with van der Waals surface area (Å²) in [5.41, 5.74) is 1.98. The standard InChI is InChI=1S/C22H22Cl2N4O4/c1-28(21(29)15-4-2-3-14(9-15)20-26-22(30)32-27-20)12-16-11-25-7-8-31-19(16)13-5-6-17(23)18(24)10-13/h2-6,9-10,16,19,25H,7-8,11-12H2,1H3,(H,26,27,30)/t16-,19-/m0/s1. The minimum Gasteiger partial charge on any atom is -0.372 e. The van der Waals surface area contributed by atoms with E-state index >= 15 is 0 Å². The number of carbonyl (C=O) groups excluding carboxylic acids is 1. The van der Waals surface area contributed by atoms with Crippen LogP contribution in [0.15, 0.2) is 51.8 Å². The lowest BCUT2D eigenvalue weighted by Gasteiger charge is -2.29. The molecule has 1 aliphatic heterocycles. The van der Waals surface area contributed by atoms with Crippen molar-refractivity contribution in [3.63, 3.8) is 0 Å². The number of halogens is 2. The Hall–Kier alpha value is -2.65. The number of H-pyrrole nitrogens is 1. The lowest BCUT2D eigenvalue weighted by Crippen LogP contribution is -2.38. The first-order valence-electron chi connectivity index (χ1n) is 10.1. The summed E-state index contributed by atoms with van der Waals surface area (Å²) in [5, 5.41) is 8.00. The molecule has 168 valence electrons. The molecule has 2 heterocycles. The van der Waals surface area contributed by atoms with Gasteiger partial charge in [0.25, 0.3) is 5.91 Å². The van der Waals surface area contributed by atoms with Gasteiger partial charge < -0.3 is 15.0 Å². The maximum Gasteiger partial charge on any atom is 0.439 e. The summed E-state index contributed by atoms with van der Waals surface area (Å²) in [7, 11) is 1.75. The first kappa shape index (κ1) is 22.5. The molecule has 4 rings (SSSR count). The van der Waals surface area contributed by atoms with E-state index in [1.165, 1.54) is 0 Å². The Morgan fingerprint density at radius 3 is 2.81 bits per heavy atom. The Balaban J connectivity index is 1.53. The summed E-state index contributed by atoms with van der Waals surface area (Å²) in [5.74, 6) is -0.537. The van der Waals surface area contributed by atoms with Crippen LogP contribution >= 0.6 is 23.2 Å². The van der Waals surface area contributed by atoms with E-state index in [1.54, 1.807) is 42.3 Å². The third-order valence-corrected chi connectivity index (χ3v) is 6.10. The van der Waals surface area contributed by atoms with Gasteiger partial charge in [-0.25, -0.2) is 4.79 Å². The molecule has 0 spiro atoms. The number of amides is 1. The maximum atomic E-state index is 13.1. The molecule has 1 amide bonds. The molecule has 2 atom stereocenters. The quantitative estimate of drug-likeness (QED) is 0.585.